The number of hydrogen-bond donors (Lipinski definition) is 4. The largest absolute Gasteiger partial charge is 0.394 e. The maximum atomic E-state index is 10.3. The van der Waals surface area contributed by atoms with Crippen molar-refractivity contribution >= 4 is 40.2 Å². The number of benzene rings is 1. The molecule has 1 aromatic carbocycles. The molecular formula is C15H19Cl2N3O4. The first-order valence-electron chi connectivity index (χ1n) is 7.71. The van der Waals surface area contributed by atoms with Gasteiger partial charge in [0.25, 0.3) is 0 Å². The Balaban J connectivity index is 2.12. The van der Waals surface area contributed by atoms with Crippen LogP contribution in [0.1, 0.15) is 19.6 Å². The number of imidazole rings is 1. The summed E-state index contributed by atoms with van der Waals surface area (Å²) in [5.41, 5.74) is 1.19. The van der Waals surface area contributed by atoms with Crippen LogP contribution in [0.25, 0.3) is 11.0 Å². The third-order valence-corrected chi connectivity index (χ3v) is 4.76. The second-order valence-electron chi connectivity index (χ2n) is 5.72. The molecule has 1 fully saturated rings. The van der Waals surface area contributed by atoms with Crippen LogP contribution in [0, 0.1) is 0 Å². The number of fused-ring (bicyclic) bond motifs is 1. The van der Waals surface area contributed by atoms with Crippen LogP contribution >= 0.6 is 23.2 Å². The molecule has 4 N–H and O–H groups in total. The van der Waals surface area contributed by atoms with Crippen molar-refractivity contribution in [2.24, 2.45) is 0 Å². The molecular weight excluding hydrogens is 357 g/mol. The summed E-state index contributed by atoms with van der Waals surface area (Å²) in [4.78, 5) is 4.48. The van der Waals surface area contributed by atoms with Gasteiger partial charge in [0, 0.05) is 6.54 Å². The first kappa shape index (κ1) is 17.7. The number of halogens is 2. The van der Waals surface area contributed by atoms with Gasteiger partial charge in [0.05, 0.1) is 27.7 Å². The Bertz CT molecular complexity index is 739. The summed E-state index contributed by atoms with van der Waals surface area (Å²) in [5, 5.41) is 33.6. The van der Waals surface area contributed by atoms with Crippen molar-refractivity contribution < 1.29 is 20.1 Å². The standard InChI is InChI=1S/C15H19Cl2N3O4/c1-2-3-18-15-19-9-4-7(16)8(17)5-10(9)20(15)14-13(23)12(22)11(6-21)24-14/h4-5,11-14,21-23H,2-3,6H2,1H3,(H,18,19)/t11-,12+,13+,14+/m0/s1. The molecule has 2 heterocycles. The van der Waals surface area contributed by atoms with E-state index in [1.54, 1.807) is 16.7 Å². The number of nitrogens with one attached hydrogen (secondary N) is 1. The topological polar surface area (TPSA) is 99.8 Å². The Hall–Kier alpha value is -1.09. The van der Waals surface area contributed by atoms with E-state index in [2.05, 4.69) is 10.3 Å². The molecule has 4 atom stereocenters. The minimum atomic E-state index is -1.21. The first-order chi connectivity index (χ1) is 11.5. The molecule has 0 amide bonds. The van der Waals surface area contributed by atoms with Gasteiger partial charge < -0.3 is 25.4 Å². The fraction of sp³-hybridized carbons (Fsp3) is 0.533. The molecule has 0 aliphatic carbocycles. The van der Waals surface area contributed by atoms with Gasteiger partial charge >= 0.3 is 0 Å². The predicted octanol–water partition coefficient (Wildman–Crippen LogP) is 1.78. The van der Waals surface area contributed by atoms with Crippen LogP contribution in [0.4, 0.5) is 5.95 Å². The molecule has 1 aromatic heterocycles. The van der Waals surface area contributed by atoms with E-state index in [-0.39, 0.29) is 0 Å². The average molecular weight is 376 g/mol. The molecule has 7 nitrogen and oxygen atoms in total. The van der Waals surface area contributed by atoms with E-state index in [1.807, 2.05) is 6.92 Å². The van der Waals surface area contributed by atoms with Crippen LogP contribution < -0.4 is 5.32 Å². The molecule has 132 valence electrons. The highest BCUT2D eigenvalue weighted by molar-refractivity contribution is 6.42. The summed E-state index contributed by atoms with van der Waals surface area (Å²) in [5.74, 6) is 0.472. The van der Waals surface area contributed by atoms with E-state index in [1.165, 1.54) is 0 Å². The molecule has 2 aromatic rings. The SMILES string of the molecule is CCCNc1nc2cc(Cl)c(Cl)cc2n1[C@@H]1O[C@@H](CO)[C@@H](O)[C@H]1O. The summed E-state index contributed by atoms with van der Waals surface area (Å²) < 4.78 is 7.27. The maximum absolute atomic E-state index is 10.3. The Morgan fingerprint density at radius 1 is 1.25 bits per heavy atom. The summed E-state index contributed by atoms with van der Waals surface area (Å²) in [6, 6.07) is 3.27. The van der Waals surface area contributed by atoms with Gasteiger partial charge in [-0.05, 0) is 18.6 Å². The molecule has 9 heteroatoms. The van der Waals surface area contributed by atoms with Crippen LogP contribution in [0.3, 0.4) is 0 Å². The lowest BCUT2D eigenvalue weighted by Gasteiger charge is -2.20. The van der Waals surface area contributed by atoms with Crippen molar-refractivity contribution in [3.63, 3.8) is 0 Å². The molecule has 1 aliphatic heterocycles. The lowest BCUT2D eigenvalue weighted by molar-refractivity contribution is -0.0499. The molecule has 1 aliphatic rings. The molecule has 0 spiro atoms. The van der Waals surface area contributed by atoms with Gasteiger partial charge in [-0.25, -0.2) is 4.98 Å². The number of ether oxygens (including phenoxy) is 1. The van der Waals surface area contributed by atoms with Crippen LogP contribution in [0.5, 0.6) is 0 Å². The van der Waals surface area contributed by atoms with Crippen LogP contribution in [0.2, 0.25) is 10.0 Å². The second-order valence-corrected chi connectivity index (χ2v) is 6.53. The van der Waals surface area contributed by atoms with Crippen molar-refractivity contribution in [3.05, 3.63) is 22.2 Å². The molecule has 0 saturated carbocycles. The van der Waals surface area contributed by atoms with Crippen molar-refractivity contribution in [2.45, 2.75) is 37.9 Å². The molecule has 24 heavy (non-hydrogen) atoms. The zero-order chi connectivity index (χ0) is 17.4. The monoisotopic (exact) mass is 375 g/mol. The highest BCUT2D eigenvalue weighted by Crippen LogP contribution is 2.37. The highest BCUT2D eigenvalue weighted by atomic mass is 35.5. The molecule has 0 unspecified atom stereocenters. The van der Waals surface area contributed by atoms with Crippen LogP contribution in [0.15, 0.2) is 12.1 Å². The predicted molar refractivity (Wildman–Crippen MR) is 91.5 cm³/mol. The maximum Gasteiger partial charge on any atom is 0.206 e. The smallest absolute Gasteiger partial charge is 0.206 e. The molecule has 0 radical (unpaired) electrons. The van der Waals surface area contributed by atoms with Gasteiger partial charge in [-0.15, -0.1) is 0 Å². The van der Waals surface area contributed by atoms with E-state index in [4.69, 9.17) is 27.9 Å². The van der Waals surface area contributed by atoms with E-state index in [0.29, 0.717) is 33.6 Å². The van der Waals surface area contributed by atoms with Crippen LogP contribution in [-0.2, 0) is 4.74 Å². The minimum absolute atomic E-state index is 0.346. The van der Waals surface area contributed by atoms with Gasteiger partial charge in [-0.3, -0.25) is 4.57 Å². The van der Waals surface area contributed by atoms with E-state index in [9.17, 15) is 15.3 Å². The van der Waals surface area contributed by atoms with Gasteiger partial charge in [-0.2, -0.15) is 0 Å². The van der Waals surface area contributed by atoms with E-state index in [0.717, 1.165) is 6.42 Å². The summed E-state index contributed by atoms with van der Waals surface area (Å²) in [7, 11) is 0. The minimum Gasteiger partial charge on any atom is -0.394 e. The number of aliphatic hydroxyl groups excluding tert-OH is 3. The van der Waals surface area contributed by atoms with Crippen molar-refractivity contribution in [1.82, 2.24) is 9.55 Å². The fourth-order valence-corrected chi connectivity index (χ4v) is 3.12. The lowest BCUT2D eigenvalue weighted by Crippen LogP contribution is -2.33. The quantitative estimate of drug-likeness (QED) is 0.635. The van der Waals surface area contributed by atoms with Crippen molar-refractivity contribution in [2.75, 3.05) is 18.5 Å². The fourth-order valence-electron chi connectivity index (χ4n) is 2.80. The number of nitrogens with zero attached hydrogens (tertiary/aromatic N) is 2. The highest BCUT2D eigenvalue weighted by Gasteiger charge is 2.44. The number of aromatic nitrogens is 2. The third kappa shape index (κ3) is 2.96. The zero-order valence-electron chi connectivity index (χ0n) is 13.0. The normalized spacial score (nSPS) is 27.1. The van der Waals surface area contributed by atoms with Crippen molar-refractivity contribution in [1.29, 1.82) is 0 Å². The van der Waals surface area contributed by atoms with E-state index < -0.39 is 31.1 Å². The lowest BCUT2D eigenvalue weighted by atomic mass is 10.1. The second kappa shape index (κ2) is 7.03. The number of hydrogen-bond acceptors (Lipinski definition) is 6. The van der Waals surface area contributed by atoms with Gasteiger partial charge in [0.2, 0.25) is 5.95 Å². The third-order valence-electron chi connectivity index (χ3n) is 4.04. The van der Waals surface area contributed by atoms with Gasteiger partial charge in [0.1, 0.15) is 18.3 Å². The summed E-state index contributed by atoms with van der Waals surface area (Å²) in [6.45, 7) is 2.28. The molecule has 3 rings (SSSR count). The Morgan fingerprint density at radius 3 is 2.58 bits per heavy atom. The summed E-state index contributed by atoms with van der Waals surface area (Å²) >= 11 is 12.2. The first-order valence-corrected chi connectivity index (χ1v) is 8.46. The molecule has 1 saturated heterocycles. The van der Waals surface area contributed by atoms with Gasteiger partial charge in [0.15, 0.2) is 6.23 Å². The van der Waals surface area contributed by atoms with Gasteiger partial charge in [-0.1, -0.05) is 30.1 Å². The Morgan fingerprint density at radius 2 is 1.96 bits per heavy atom. The summed E-state index contributed by atoms with van der Waals surface area (Å²) in [6.07, 6.45) is -3.31. The number of anilines is 1. The zero-order valence-corrected chi connectivity index (χ0v) is 14.5. The number of rotatable bonds is 5. The Labute approximate surface area is 148 Å². The molecule has 0 bridgehead atoms. The number of aliphatic hydroxyl groups is 3. The Kier molecular flexibility index (Phi) is 5.19. The average Bonchev–Trinajstić information content (AvgIpc) is 3.04. The van der Waals surface area contributed by atoms with Crippen LogP contribution in [-0.4, -0.2) is 56.3 Å². The van der Waals surface area contributed by atoms with Crippen molar-refractivity contribution in [3.8, 4) is 0 Å². The van der Waals surface area contributed by atoms with E-state index >= 15 is 0 Å².